The predicted molar refractivity (Wildman–Crippen MR) is 90.0 cm³/mol. The molecule has 1 amide bonds. The first-order valence-electron chi connectivity index (χ1n) is 7.44. The van der Waals surface area contributed by atoms with Gasteiger partial charge in [0.1, 0.15) is 0 Å². The molecule has 0 saturated heterocycles. The van der Waals surface area contributed by atoms with Crippen LogP contribution >= 0.6 is 0 Å². The maximum atomic E-state index is 12.2. The summed E-state index contributed by atoms with van der Waals surface area (Å²) in [5.74, 6) is 0.0374. The zero-order valence-electron chi connectivity index (χ0n) is 12.0. The lowest BCUT2D eigenvalue weighted by atomic mass is 10.0. The van der Waals surface area contributed by atoms with Gasteiger partial charge in [-0.2, -0.15) is 0 Å². The van der Waals surface area contributed by atoms with Crippen LogP contribution in [0.2, 0.25) is 0 Å². The molecule has 1 atom stereocenters. The maximum absolute atomic E-state index is 12.2. The molecule has 0 spiro atoms. The molecule has 1 aliphatic rings. The summed E-state index contributed by atoms with van der Waals surface area (Å²) >= 11 is 0. The van der Waals surface area contributed by atoms with Gasteiger partial charge in [-0.25, -0.2) is 0 Å². The molecule has 108 valence electrons. The Labute approximate surface area is 129 Å². The summed E-state index contributed by atoms with van der Waals surface area (Å²) in [5, 5.41) is 8.82. The van der Waals surface area contributed by atoms with Crippen LogP contribution in [-0.4, -0.2) is 5.91 Å². The van der Waals surface area contributed by atoms with Crippen molar-refractivity contribution in [2.75, 3.05) is 10.6 Å². The lowest BCUT2D eigenvalue weighted by Crippen LogP contribution is -2.15. The quantitative estimate of drug-likeness (QED) is 0.699. The van der Waals surface area contributed by atoms with Gasteiger partial charge in [0.15, 0.2) is 0 Å². The SMILES string of the molecule is O=C1CC(c2ccccc2)Nc2cc3ccccc3cc2N1. The molecule has 3 aromatic rings. The van der Waals surface area contributed by atoms with E-state index in [2.05, 4.69) is 41.0 Å². The molecule has 0 saturated carbocycles. The van der Waals surface area contributed by atoms with E-state index in [1.54, 1.807) is 0 Å². The number of amides is 1. The van der Waals surface area contributed by atoms with E-state index < -0.39 is 0 Å². The second kappa shape index (κ2) is 5.19. The van der Waals surface area contributed by atoms with Crippen molar-refractivity contribution >= 4 is 28.1 Å². The van der Waals surface area contributed by atoms with Crippen LogP contribution in [0.1, 0.15) is 18.0 Å². The van der Waals surface area contributed by atoms with Crippen molar-refractivity contribution in [2.45, 2.75) is 12.5 Å². The van der Waals surface area contributed by atoms with Crippen molar-refractivity contribution < 1.29 is 4.79 Å². The van der Waals surface area contributed by atoms with Gasteiger partial charge in [-0.15, -0.1) is 0 Å². The molecule has 3 aromatic carbocycles. The Hall–Kier alpha value is -2.81. The largest absolute Gasteiger partial charge is 0.376 e. The second-order valence-electron chi connectivity index (χ2n) is 5.60. The number of hydrogen-bond donors (Lipinski definition) is 2. The molecular formula is C19H16N2O. The molecule has 3 heteroatoms. The first-order chi connectivity index (χ1) is 10.8. The Morgan fingerprint density at radius 3 is 2.18 bits per heavy atom. The van der Waals surface area contributed by atoms with Crippen LogP contribution in [0.4, 0.5) is 11.4 Å². The minimum atomic E-state index is -0.0105. The first-order valence-corrected chi connectivity index (χ1v) is 7.44. The monoisotopic (exact) mass is 288 g/mol. The molecule has 0 aliphatic carbocycles. The van der Waals surface area contributed by atoms with Gasteiger partial charge in [0.2, 0.25) is 5.91 Å². The molecule has 1 unspecified atom stereocenters. The minimum Gasteiger partial charge on any atom is -0.376 e. The van der Waals surface area contributed by atoms with Gasteiger partial charge < -0.3 is 10.6 Å². The molecule has 22 heavy (non-hydrogen) atoms. The average molecular weight is 288 g/mol. The average Bonchev–Trinajstić information content (AvgIpc) is 2.71. The third kappa shape index (κ3) is 2.31. The molecule has 0 bridgehead atoms. The van der Waals surface area contributed by atoms with E-state index in [0.717, 1.165) is 27.7 Å². The van der Waals surface area contributed by atoms with E-state index in [-0.39, 0.29) is 11.9 Å². The minimum absolute atomic E-state index is 0.0105. The summed E-state index contributed by atoms with van der Waals surface area (Å²) in [6, 6.07) is 22.4. The Balaban J connectivity index is 1.80. The van der Waals surface area contributed by atoms with Crippen molar-refractivity contribution in [1.82, 2.24) is 0 Å². The molecule has 1 aliphatic heterocycles. The fourth-order valence-corrected chi connectivity index (χ4v) is 2.98. The van der Waals surface area contributed by atoms with Crippen LogP contribution in [0.25, 0.3) is 10.8 Å². The molecule has 3 nitrogen and oxygen atoms in total. The van der Waals surface area contributed by atoms with Gasteiger partial charge in [-0.1, -0.05) is 54.6 Å². The highest BCUT2D eigenvalue weighted by molar-refractivity contribution is 6.01. The van der Waals surface area contributed by atoms with Crippen molar-refractivity contribution in [3.8, 4) is 0 Å². The van der Waals surface area contributed by atoms with Crippen LogP contribution in [0, 0.1) is 0 Å². The Morgan fingerprint density at radius 2 is 1.45 bits per heavy atom. The Kier molecular flexibility index (Phi) is 3.04. The molecule has 4 rings (SSSR count). The van der Waals surface area contributed by atoms with E-state index in [4.69, 9.17) is 0 Å². The number of carbonyl (C=O) groups excluding carboxylic acids is 1. The lowest BCUT2D eigenvalue weighted by Gasteiger charge is -2.17. The van der Waals surface area contributed by atoms with Gasteiger partial charge >= 0.3 is 0 Å². The molecular weight excluding hydrogens is 272 g/mol. The number of carbonyl (C=O) groups is 1. The zero-order valence-corrected chi connectivity index (χ0v) is 12.0. The smallest absolute Gasteiger partial charge is 0.226 e. The van der Waals surface area contributed by atoms with Gasteiger partial charge in [0.05, 0.1) is 23.8 Å². The van der Waals surface area contributed by atoms with E-state index in [9.17, 15) is 4.79 Å². The number of nitrogens with one attached hydrogen (secondary N) is 2. The molecule has 2 N–H and O–H groups in total. The summed E-state index contributed by atoms with van der Waals surface area (Å²) < 4.78 is 0. The molecule has 0 fully saturated rings. The first kappa shape index (κ1) is 12.9. The van der Waals surface area contributed by atoms with Gasteiger partial charge in [0, 0.05) is 0 Å². The van der Waals surface area contributed by atoms with E-state index in [1.165, 1.54) is 0 Å². The van der Waals surface area contributed by atoms with Crippen molar-refractivity contribution in [2.24, 2.45) is 0 Å². The van der Waals surface area contributed by atoms with Gasteiger partial charge in [0.25, 0.3) is 0 Å². The van der Waals surface area contributed by atoms with Crippen molar-refractivity contribution in [3.05, 3.63) is 72.3 Å². The van der Waals surface area contributed by atoms with Gasteiger partial charge in [-0.3, -0.25) is 4.79 Å². The second-order valence-corrected chi connectivity index (χ2v) is 5.60. The standard InChI is InChI=1S/C19H16N2O/c22-19-12-16(13-6-2-1-3-7-13)20-17-10-14-8-4-5-9-15(14)11-18(17)21-19/h1-11,16,20H,12H2,(H,21,22). The number of fused-ring (bicyclic) bond motifs is 2. The number of rotatable bonds is 1. The number of hydrogen-bond acceptors (Lipinski definition) is 2. The molecule has 1 heterocycles. The highest BCUT2D eigenvalue weighted by atomic mass is 16.1. The third-order valence-electron chi connectivity index (χ3n) is 4.08. The van der Waals surface area contributed by atoms with E-state index in [0.29, 0.717) is 6.42 Å². The number of anilines is 2. The third-order valence-corrected chi connectivity index (χ3v) is 4.08. The van der Waals surface area contributed by atoms with Crippen LogP contribution in [0.3, 0.4) is 0 Å². The molecule has 0 radical (unpaired) electrons. The summed E-state index contributed by atoms with van der Waals surface area (Å²) in [7, 11) is 0. The summed E-state index contributed by atoms with van der Waals surface area (Å²) in [4.78, 5) is 12.2. The Morgan fingerprint density at radius 1 is 0.818 bits per heavy atom. The highest BCUT2D eigenvalue weighted by Crippen LogP contribution is 2.35. The van der Waals surface area contributed by atoms with Crippen LogP contribution in [0.15, 0.2) is 66.7 Å². The fourth-order valence-electron chi connectivity index (χ4n) is 2.98. The van der Waals surface area contributed by atoms with E-state index >= 15 is 0 Å². The normalized spacial score (nSPS) is 17.3. The van der Waals surface area contributed by atoms with Gasteiger partial charge in [-0.05, 0) is 28.5 Å². The summed E-state index contributed by atoms with van der Waals surface area (Å²) in [6.45, 7) is 0. The molecule has 0 aromatic heterocycles. The highest BCUT2D eigenvalue weighted by Gasteiger charge is 2.22. The topological polar surface area (TPSA) is 41.1 Å². The Bertz CT molecular complexity index is 842. The van der Waals surface area contributed by atoms with E-state index in [1.807, 2.05) is 36.4 Å². The maximum Gasteiger partial charge on any atom is 0.226 e. The van der Waals surface area contributed by atoms with Crippen molar-refractivity contribution in [1.29, 1.82) is 0 Å². The lowest BCUT2D eigenvalue weighted by molar-refractivity contribution is -0.116. The van der Waals surface area contributed by atoms with Crippen LogP contribution in [-0.2, 0) is 4.79 Å². The van der Waals surface area contributed by atoms with Crippen molar-refractivity contribution in [3.63, 3.8) is 0 Å². The predicted octanol–water partition coefficient (Wildman–Crippen LogP) is 4.34. The summed E-state index contributed by atoms with van der Waals surface area (Å²) in [6.07, 6.45) is 0.426. The fraction of sp³-hybridized carbons (Fsp3) is 0.105. The van der Waals surface area contributed by atoms with Crippen LogP contribution in [0.5, 0.6) is 0 Å². The zero-order chi connectivity index (χ0) is 14.9. The number of benzene rings is 3. The summed E-state index contributed by atoms with van der Waals surface area (Å²) in [5.41, 5.74) is 2.94. The van der Waals surface area contributed by atoms with Crippen LogP contribution < -0.4 is 10.6 Å².